The summed E-state index contributed by atoms with van der Waals surface area (Å²) in [6.07, 6.45) is 24.5. The van der Waals surface area contributed by atoms with Crippen LogP contribution in [0.1, 0.15) is 151 Å². The molecule has 18 heteroatoms. The van der Waals surface area contributed by atoms with Crippen LogP contribution in [0.25, 0.3) is 17.3 Å². The number of benzene rings is 4. The summed E-state index contributed by atoms with van der Waals surface area (Å²) < 4.78 is 33.0. The number of hydrogen-bond donors (Lipinski definition) is 4. The summed E-state index contributed by atoms with van der Waals surface area (Å²) in [6, 6.07) is 28.8. The number of carbonyl (C=O) groups is 4. The lowest BCUT2D eigenvalue weighted by Crippen LogP contribution is -2.41. The van der Waals surface area contributed by atoms with Gasteiger partial charge in [-0.05, 0) is 146 Å². The van der Waals surface area contributed by atoms with Crippen LogP contribution < -0.4 is 4.74 Å². The zero-order chi connectivity index (χ0) is 67.5. The standard InChI is InChI=1S/C23H32O3.C19H24O5.C16H16Br2O3.C16H16Cl2O3/c1-4-7-9-18-10-12-19(13-11-18)22(24)21-15-14-20(26-6-3)17-23(21,25)16-8-5-2;1-4-5-11-24-19(23-3)10-9-16(17(20)13-19)18(21)14-7-6-8-15(12-14)22-2;2*1-2-9-21-16(18)8-7-12(14(19)10-16)15(20)11-5-3-4-6-13(11)17/h10-15,17,21,25H,4-9,16H2,1-3H3;6-10,12,21H,4-5,11,13H2,1-3H3;2*3-8,20H,2,9-10H2,1H3. The van der Waals surface area contributed by atoms with Gasteiger partial charge in [0.15, 0.2) is 34.0 Å². The molecule has 4 aliphatic carbocycles. The van der Waals surface area contributed by atoms with E-state index >= 15 is 0 Å². The van der Waals surface area contributed by atoms with Gasteiger partial charge in [-0.3, -0.25) is 19.2 Å². The fraction of sp³-hybridized carbons (Fsp3) is 0.405. The summed E-state index contributed by atoms with van der Waals surface area (Å²) in [5, 5.41) is 41.6. The summed E-state index contributed by atoms with van der Waals surface area (Å²) in [5.74, 6) is -1.29. The number of halogens is 4. The predicted molar refractivity (Wildman–Crippen MR) is 373 cm³/mol. The third kappa shape index (κ3) is 22.0. The quantitative estimate of drug-likeness (QED) is 0.0122. The monoisotopic (exact) mass is 1430 g/mol. The highest BCUT2D eigenvalue weighted by Crippen LogP contribution is 2.39. The van der Waals surface area contributed by atoms with Crippen molar-refractivity contribution < 1.29 is 68.0 Å². The maximum atomic E-state index is 13.1. The lowest BCUT2D eigenvalue weighted by atomic mass is 9.76. The molecular formula is C74H88Br2Cl2O14. The largest absolute Gasteiger partial charge is 0.507 e. The minimum atomic E-state index is -1.19. The van der Waals surface area contributed by atoms with Gasteiger partial charge in [0.1, 0.15) is 38.9 Å². The van der Waals surface area contributed by atoms with E-state index in [4.69, 9.17) is 51.6 Å². The van der Waals surface area contributed by atoms with Gasteiger partial charge in [-0.2, -0.15) is 0 Å². The molecule has 0 radical (unpaired) electrons. The van der Waals surface area contributed by atoms with E-state index in [1.807, 2.05) is 69.3 Å². The second kappa shape index (κ2) is 37.6. The Morgan fingerprint density at radius 2 is 1.22 bits per heavy atom. The first-order chi connectivity index (χ1) is 44.0. The molecule has 0 amide bonds. The molecule has 0 aromatic heterocycles. The van der Waals surface area contributed by atoms with Crippen molar-refractivity contribution in [3.8, 4) is 5.75 Å². The van der Waals surface area contributed by atoms with Crippen LogP contribution in [0.5, 0.6) is 5.75 Å². The summed E-state index contributed by atoms with van der Waals surface area (Å²) in [4.78, 5) is 50.1. The highest BCUT2D eigenvalue weighted by atomic mass is 79.9. The van der Waals surface area contributed by atoms with Crippen molar-refractivity contribution in [2.45, 2.75) is 146 Å². The molecule has 4 aromatic rings. The highest BCUT2D eigenvalue weighted by Gasteiger charge is 2.41. The van der Waals surface area contributed by atoms with E-state index in [1.165, 1.54) is 18.7 Å². The van der Waals surface area contributed by atoms with Gasteiger partial charge in [0.05, 0.1) is 67.2 Å². The lowest BCUT2D eigenvalue weighted by molar-refractivity contribution is -0.193. The van der Waals surface area contributed by atoms with Crippen LogP contribution in [0.15, 0.2) is 179 Å². The molecule has 0 fully saturated rings. The highest BCUT2D eigenvalue weighted by molar-refractivity contribution is 9.10. The maximum absolute atomic E-state index is 13.1. The van der Waals surface area contributed by atoms with Gasteiger partial charge in [-0.25, -0.2) is 0 Å². The molecule has 0 saturated carbocycles. The second-order valence-corrected chi connectivity index (χ2v) is 25.6. The van der Waals surface area contributed by atoms with Crippen LogP contribution in [-0.2, 0) is 44.5 Å². The number of aryl methyl sites for hydroxylation is 1. The fourth-order valence-electron chi connectivity index (χ4n) is 10.0. The molecule has 92 heavy (non-hydrogen) atoms. The summed E-state index contributed by atoms with van der Waals surface area (Å²) in [6.45, 7) is 14.3. The normalized spacial score (nSPS) is 23.2. The number of alkyl halides is 2. The Kier molecular flexibility index (Phi) is 31.3. The molecule has 8 rings (SSSR count). The molecule has 4 aromatic carbocycles. The van der Waals surface area contributed by atoms with E-state index in [0.29, 0.717) is 77.2 Å². The Morgan fingerprint density at radius 3 is 1.82 bits per heavy atom. The average Bonchev–Trinajstić information content (AvgIpc) is 0.828. The van der Waals surface area contributed by atoms with Crippen LogP contribution in [0.4, 0.5) is 0 Å². The summed E-state index contributed by atoms with van der Waals surface area (Å²) in [7, 11) is 3.07. The first-order valence-electron chi connectivity index (χ1n) is 31.4. The first kappa shape index (κ1) is 76.5. The Bertz CT molecular complexity index is 3290. The number of methoxy groups -OCH3 is 2. The van der Waals surface area contributed by atoms with Crippen LogP contribution in [-0.4, -0.2) is 105 Å². The smallest absolute Gasteiger partial charge is 0.195 e. The molecule has 496 valence electrons. The molecular weight excluding hydrogens is 1340 g/mol. The Hall–Kier alpha value is -6.18. The van der Waals surface area contributed by atoms with E-state index in [9.17, 15) is 39.6 Å². The van der Waals surface area contributed by atoms with Crippen LogP contribution in [0.2, 0.25) is 5.02 Å². The molecule has 0 heterocycles. The number of allylic oxidation sites excluding steroid dienone is 7. The van der Waals surface area contributed by atoms with E-state index in [1.54, 1.807) is 104 Å². The first-order valence-corrected chi connectivity index (χ1v) is 33.7. The molecule has 0 saturated heterocycles. The van der Waals surface area contributed by atoms with Gasteiger partial charge in [-0.15, -0.1) is 0 Å². The minimum Gasteiger partial charge on any atom is -0.507 e. The van der Waals surface area contributed by atoms with Gasteiger partial charge < -0.3 is 48.8 Å². The van der Waals surface area contributed by atoms with Gasteiger partial charge in [0.2, 0.25) is 0 Å². The SMILES string of the molecule is CCCCOC1(OC)C=CC(=C(O)c2cccc(OC)c2)C(=O)C1.CCCCc1ccc(C(=O)C2C=CC(OCC)=CC2(O)CCCC)cc1.CCCOC1(Br)C=CC(=C(O)c2ccccc2Br)C(=O)C1.CCCOC1(Cl)C=CC(=C(O)c2ccccc2Cl)C(=O)C1. The van der Waals surface area contributed by atoms with Crippen LogP contribution >= 0.6 is 55.1 Å². The number of rotatable bonds is 25. The molecule has 5 unspecified atom stereocenters. The molecule has 5 atom stereocenters. The summed E-state index contributed by atoms with van der Waals surface area (Å²) >= 11 is 19.1. The number of aliphatic hydroxyl groups excluding tert-OH is 3. The topological polar surface area (TPSA) is 205 Å². The van der Waals surface area contributed by atoms with Crippen molar-refractivity contribution in [3.05, 3.63) is 212 Å². The number of ether oxygens (including phenoxy) is 6. The zero-order valence-electron chi connectivity index (χ0n) is 53.9. The van der Waals surface area contributed by atoms with Crippen molar-refractivity contribution in [1.82, 2.24) is 0 Å². The van der Waals surface area contributed by atoms with Crippen LogP contribution in [0, 0.1) is 5.92 Å². The predicted octanol–water partition coefficient (Wildman–Crippen LogP) is 18.2. The van der Waals surface area contributed by atoms with Crippen molar-refractivity contribution >= 4 is 95.5 Å². The number of carbonyl (C=O) groups excluding carboxylic acids is 4. The van der Waals surface area contributed by atoms with Crippen LogP contribution in [0.3, 0.4) is 0 Å². The van der Waals surface area contributed by atoms with Gasteiger partial charge in [0, 0.05) is 47.1 Å². The Labute approximate surface area is 569 Å². The molecule has 4 aliphatic rings. The summed E-state index contributed by atoms with van der Waals surface area (Å²) in [5.41, 5.74) is 3.01. The maximum Gasteiger partial charge on any atom is 0.195 e. The third-order valence-corrected chi connectivity index (χ3v) is 17.4. The number of hydrogen-bond acceptors (Lipinski definition) is 14. The van der Waals surface area contributed by atoms with Gasteiger partial charge >= 0.3 is 0 Å². The van der Waals surface area contributed by atoms with Crippen molar-refractivity contribution in [3.63, 3.8) is 0 Å². The van der Waals surface area contributed by atoms with Gasteiger partial charge in [-0.1, -0.05) is 172 Å². The molecule has 14 nitrogen and oxygen atoms in total. The lowest BCUT2D eigenvalue weighted by Gasteiger charge is -2.34. The number of unbranched alkanes of at least 4 members (excludes halogenated alkanes) is 3. The molecule has 0 bridgehead atoms. The van der Waals surface area contributed by atoms with E-state index in [2.05, 4.69) is 52.6 Å². The number of Topliss-reactive ketones (excluding diaryl/α,β-unsaturated/α-hetero) is 4. The Morgan fingerprint density at radius 1 is 0.620 bits per heavy atom. The minimum absolute atomic E-state index is 0.0189. The third-order valence-electron chi connectivity index (χ3n) is 15.2. The number of ketones is 4. The average molecular weight is 1430 g/mol. The zero-order valence-corrected chi connectivity index (χ0v) is 58.6. The van der Waals surface area contributed by atoms with Crippen molar-refractivity contribution in [1.29, 1.82) is 0 Å². The number of aliphatic hydroxyl groups is 4. The molecule has 0 aliphatic heterocycles. The fourth-order valence-corrected chi connectivity index (χ4v) is 11.5. The molecule has 0 spiro atoms. The Balaban J connectivity index is 0.000000223. The second-order valence-electron chi connectivity index (χ2n) is 22.3. The van der Waals surface area contributed by atoms with Crippen molar-refractivity contribution in [2.24, 2.45) is 5.92 Å². The van der Waals surface area contributed by atoms with E-state index < -0.39 is 26.9 Å². The molecule has 4 N–H and O–H groups in total. The van der Waals surface area contributed by atoms with Crippen molar-refractivity contribution in [2.75, 3.05) is 40.6 Å². The van der Waals surface area contributed by atoms with E-state index in [0.717, 1.165) is 62.3 Å². The van der Waals surface area contributed by atoms with E-state index in [-0.39, 0.29) is 70.8 Å². The van der Waals surface area contributed by atoms with Gasteiger partial charge in [0.25, 0.3) is 0 Å².